The van der Waals surface area contributed by atoms with Gasteiger partial charge in [-0.05, 0) is 0 Å². The lowest BCUT2D eigenvalue weighted by Gasteiger charge is -2.20. The number of carbonyl (C=O) groups is 1. The number of hydrogen-bond donors (Lipinski definition) is 2. The Balaban J connectivity index is 2.01. The van der Waals surface area contributed by atoms with Gasteiger partial charge < -0.3 is 15.8 Å². The van der Waals surface area contributed by atoms with Crippen LogP contribution in [0.2, 0.25) is 0 Å². The van der Waals surface area contributed by atoms with Gasteiger partial charge in [0, 0.05) is 20.0 Å². The molecule has 1 aliphatic heterocycles. The lowest BCUT2D eigenvalue weighted by atomic mass is 10.1. The Kier molecular flexibility index (Phi) is 4.81. The summed E-state index contributed by atoms with van der Waals surface area (Å²) in [6.45, 7) is 0.608. The Labute approximate surface area is 127 Å². The van der Waals surface area contributed by atoms with Crippen LogP contribution in [0.25, 0.3) is 0 Å². The van der Waals surface area contributed by atoms with Crippen LogP contribution in [-0.4, -0.2) is 62.7 Å². The third-order valence-electron chi connectivity index (χ3n) is 3.24. The highest BCUT2D eigenvalue weighted by Crippen LogP contribution is 2.19. The molecule has 0 aliphatic carbocycles. The molecular weight excluding hydrogens is 316 g/mol. The number of thiazole rings is 1. The van der Waals surface area contributed by atoms with Gasteiger partial charge in [0.1, 0.15) is 4.88 Å². The summed E-state index contributed by atoms with van der Waals surface area (Å²) in [5, 5.41) is 3.10. The van der Waals surface area contributed by atoms with E-state index in [4.69, 9.17) is 10.5 Å². The van der Waals surface area contributed by atoms with Gasteiger partial charge in [-0.1, -0.05) is 11.3 Å². The number of anilines is 1. The van der Waals surface area contributed by atoms with Gasteiger partial charge in [-0.2, -0.15) is 0 Å². The summed E-state index contributed by atoms with van der Waals surface area (Å²) < 4.78 is 30.3. The number of aromatic nitrogens is 1. The standard InChI is InChI=1S/C11H18N4O4S2/c1-15(2)21(17,18)6-7-4-19-5-8(7)14-10(16)9-3-13-11(12)20-9/h3,7-8H,4-6H2,1-2H3,(H2,12,13)(H,14,16)/t7-,8-/m0/s1. The van der Waals surface area contributed by atoms with E-state index in [9.17, 15) is 13.2 Å². The van der Waals surface area contributed by atoms with Crippen LogP contribution < -0.4 is 11.1 Å². The summed E-state index contributed by atoms with van der Waals surface area (Å²) in [5.74, 6) is -0.644. The van der Waals surface area contributed by atoms with E-state index < -0.39 is 10.0 Å². The van der Waals surface area contributed by atoms with Gasteiger partial charge in [-0.3, -0.25) is 4.79 Å². The highest BCUT2D eigenvalue weighted by Gasteiger charge is 2.34. The lowest BCUT2D eigenvalue weighted by Crippen LogP contribution is -2.43. The zero-order valence-electron chi connectivity index (χ0n) is 11.8. The predicted octanol–water partition coefficient (Wildman–Crippen LogP) is -0.638. The molecule has 8 nitrogen and oxygen atoms in total. The van der Waals surface area contributed by atoms with Gasteiger partial charge >= 0.3 is 0 Å². The molecule has 10 heteroatoms. The fourth-order valence-electron chi connectivity index (χ4n) is 1.97. The number of nitrogens with two attached hydrogens (primary N) is 1. The van der Waals surface area contributed by atoms with Crippen molar-refractivity contribution in [3.63, 3.8) is 0 Å². The number of amides is 1. The number of sulfonamides is 1. The first-order valence-corrected chi connectivity index (χ1v) is 8.72. The summed E-state index contributed by atoms with van der Waals surface area (Å²) >= 11 is 1.09. The van der Waals surface area contributed by atoms with Crippen molar-refractivity contribution in [2.24, 2.45) is 5.92 Å². The van der Waals surface area contributed by atoms with Crippen LogP contribution in [0.3, 0.4) is 0 Å². The Morgan fingerprint density at radius 1 is 1.57 bits per heavy atom. The number of nitrogens with one attached hydrogen (secondary N) is 1. The highest BCUT2D eigenvalue weighted by molar-refractivity contribution is 7.89. The van der Waals surface area contributed by atoms with Crippen molar-refractivity contribution in [2.75, 3.05) is 38.8 Å². The van der Waals surface area contributed by atoms with Gasteiger partial charge in [0.25, 0.3) is 5.91 Å². The van der Waals surface area contributed by atoms with E-state index in [1.165, 1.54) is 24.6 Å². The van der Waals surface area contributed by atoms with Crippen LogP contribution in [0, 0.1) is 5.92 Å². The minimum atomic E-state index is -3.34. The van der Waals surface area contributed by atoms with E-state index in [2.05, 4.69) is 10.3 Å². The minimum absolute atomic E-state index is 0.0597. The Morgan fingerprint density at radius 3 is 2.86 bits per heavy atom. The summed E-state index contributed by atoms with van der Waals surface area (Å²) in [5.41, 5.74) is 5.49. The molecule has 21 heavy (non-hydrogen) atoms. The van der Waals surface area contributed by atoms with Crippen LogP contribution in [-0.2, 0) is 14.8 Å². The quantitative estimate of drug-likeness (QED) is 0.740. The highest BCUT2D eigenvalue weighted by atomic mass is 32.2. The largest absolute Gasteiger partial charge is 0.379 e. The summed E-state index contributed by atoms with van der Waals surface area (Å²) in [6.07, 6.45) is 1.40. The molecule has 2 atom stereocenters. The number of carbonyl (C=O) groups excluding carboxylic acids is 1. The van der Waals surface area contributed by atoms with Crippen LogP contribution in [0.4, 0.5) is 5.13 Å². The van der Waals surface area contributed by atoms with E-state index >= 15 is 0 Å². The number of rotatable bonds is 5. The molecule has 0 aromatic carbocycles. The van der Waals surface area contributed by atoms with E-state index in [0.717, 1.165) is 11.3 Å². The molecule has 1 aliphatic rings. The molecule has 2 heterocycles. The van der Waals surface area contributed by atoms with Gasteiger partial charge in [0.05, 0.1) is 31.2 Å². The zero-order chi connectivity index (χ0) is 15.6. The van der Waals surface area contributed by atoms with E-state index in [1.807, 2.05) is 0 Å². The van der Waals surface area contributed by atoms with Gasteiger partial charge in [0.2, 0.25) is 10.0 Å². The second-order valence-corrected chi connectivity index (χ2v) is 8.29. The molecule has 0 bridgehead atoms. The van der Waals surface area contributed by atoms with Crippen molar-refractivity contribution in [1.29, 1.82) is 0 Å². The number of ether oxygens (including phenoxy) is 1. The molecule has 1 aromatic rings. The molecule has 118 valence electrons. The van der Waals surface area contributed by atoms with Crippen molar-refractivity contribution >= 4 is 32.4 Å². The third-order valence-corrected chi connectivity index (χ3v) is 6.03. The molecule has 0 radical (unpaired) electrons. The maximum absolute atomic E-state index is 12.0. The summed E-state index contributed by atoms with van der Waals surface area (Å²) in [4.78, 5) is 16.3. The first-order chi connectivity index (χ1) is 9.79. The van der Waals surface area contributed by atoms with Crippen LogP contribution in [0.15, 0.2) is 6.20 Å². The molecule has 1 saturated heterocycles. The van der Waals surface area contributed by atoms with E-state index in [1.54, 1.807) is 0 Å². The molecule has 1 amide bonds. The van der Waals surface area contributed by atoms with Crippen molar-refractivity contribution in [1.82, 2.24) is 14.6 Å². The van der Waals surface area contributed by atoms with Gasteiger partial charge in [-0.15, -0.1) is 0 Å². The maximum Gasteiger partial charge on any atom is 0.263 e. The molecule has 0 unspecified atom stereocenters. The molecule has 0 saturated carbocycles. The van der Waals surface area contributed by atoms with E-state index in [0.29, 0.717) is 23.2 Å². The first kappa shape index (κ1) is 16.1. The van der Waals surface area contributed by atoms with E-state index in [-0.39, 0.29) is 23.6 Å². The lowest BCUT2D eigenvalue weighted by molar-refractivity contribution is 0.0930. The Morgan fingerprint density at radius 2 is 2.29 bits per heavy atom. The summed E-state index contributed by atoms with van der Waals surface area (Å²) in [6, 6.07) is -0.337. The van der Waals surface area contributed by atoms with Gasteiger partial charge in [-0.25, -0.2) is 17.7 Å². The van der Waals surface area contributed by atoms with Crippen molar-refractivity contribution < 1.29 is 17.9 Å². The molecule has 1 fully saturated rings. The van der Waals surface area contributed by atoms with Crippen LogP contribution in [0.5, 0.6) is 0 Å². The Hall–Kier alpha value is -1.23. The number of nitrogen functional groups attached to an aromatic ring is 1. The monoisotopic (exact) mass is 334 g/mol. The van der Waals surface area contributed by atoms with Crippen LogP contribution in [0.1, 0.15) is 9.67 Å². The second kappa shape index (κ2) is 6.26. The molecule has 1 aromatic heterocycles. The summed E-state index contributed by atoms with van der Waals surface area (Å²) in [7, 11) is -0.369. The Bertz CT molecular complexity index is 613. The third kappa shape index (κ3) is 3.90. The molecule has 0 spiro atoms. The fraction of sp³-hybridized carbons (Fsp3) is 0.636. The minimum Gasteiger partial charge on any atom is -0.379 e. The average molecular weight is 334 g/mol. The molecular formula is C11H18N4O4S2. The topological polar surface area (TPSA) is 115 Å². The second-order valence-electron chi connectivity index (χ2n) is 5.00. The normalized spacial score (nSPS) is 22.6. The molecule has 3 N–H and O–H groups in total. The van der Waals surface area contributed by atoms with Crippen molar-refractivity contribution in [2.45, 2.75) is 6.04 Å². The molecule has 2 rings (SSSR count). The van der Waals surface area contributed by atoms with Crippen molar-refractivity contribution in [3.05, 3.63) is 11.1 Å². The smallest absolute Gasteiger partial charge is 0.263 e. The average Bonchev–Trinajstić information content (AvgIpc) is 2.99. The SMILES string of the molecule is CN(C)S(=O)(=O)C[C@@H]1COC[C@@H]1NC(=O)c1cnc(N)s1. The fourth-order valence-corrected chi connectivity index (χ4v) is 3.73. The van der Waals surface area contributed by atoms with Gasteiger partial charge in [0.15, 0.2) is 5.13 Å². The first-order valence-electron chi connectivity index (χ1n) is 6.29. The van der Waals surface area contributed by atoms with Crippen LogP contribution >= 0.6 is 11.3 Å². The zero-order valence-corrected chi connectivity index (χ0v) is 13.4. The van der Waals surface area contributed by atoms with Crippen molar-refractivity contribution in [3.8, 4) is 0 Å². The maximum atomic E-state index is 12.0. The number of hydrogen-bond acceptors (Lipinski definition) is 7. The number of nitrogens with zero attached hydrogens (tertiary/aromatic N) is 2. The predicted molar refractivity (Wildman–Crippen MR) is 79.6 cm³/mol.